The molecule has 1 heterocycles. The highest BCUT2D eigenvalue weighted by molar-refractivity contribution is 8.01. The summed E-state index contributed by atoms with van der Waals surface area (Å²) in [5.74, 6) is -1.18. The molecule has 1 aromatic rings. The highest BCUT2D eigenvalue weighted by Crippen LogP contribution is 2.36. The molecule has 108 valence electrons. The first-order chi connectivity index (χ1) is 9.35. The lowest BCUT2D eigenvalue weighted by Gasteiger charge is -2.23. The second-order valence-corrected chi connectivity index (χ2v) is 5.43. The number of thioether (sulfide) groups is 1. The Morgan fingerprint density at radius 3 is 2.75 bits per heavy atom. The van der Waals surface area contributed by atoms with E-state index in [9.17, 15) is 22.8 Å². The Labute approximate surface area is 117 Å². The van der Waals surface area contributed by atoms with Gasteiger partial charge in [-0.25, -0.2) is 0 Å². The van der Waals surface area contributed by atoms with Crippen LogP contribution in [0.25, 0.3) is 0 Å². The molecule has 0 aliphatic carbocycles. The van der Waals surface area contributed by atoms with Gasteiger partial charge in [-0.15, -0.1) is 11.8 Å². The van der Waals surface area contributed by atoms with Gasteiger partial charge in [-0.3, -0.25) is 9.59 Å². The molecular formula is C12H11F3N2O2S. The number of anilines is 1. The molecule has 2 rings (SSSR count). The zero-order chi connectivity index (χ0) is 14.8. The van der Waals surface area contributed by atoms with Crippen molar-refractivity contribution < 1.29 is 22.8 Å². The molecule has 2 amide bonds. The third-order valence-electron chi connectivity index (χ3n) is 2.56. The van der Waals surface area contributed by atoms with E-state index in [1.807, 2.05) is 0 Å². The van der Waals surface area contributed by atoms with Crippen LogP contribution in [0.1, 0.15) is 6.42 Å². The topological polar surface area (TPSA) is 58.2 Å². The average molecular weight is 304 g/mol. The van der Waals surface area contributed by atoms with Gasteiger partial charge in [0.2, 0.25) is 11.8 Å². The molecule has 1 aromatic carbocycles. The number of benzene rings is 1. The van der Waals surface area contributed by atoms with E-state index in [4.69, 9.17) is 0 Å². The van der Waals surface area contributed by atoms with Crippen molar-refractivity contribution in [1.29, 1.82) is 0 Å². The van der Waals surface area contributed by atoms with E-state index >= 15 is 0 Å². The van der Waals surface area contributed by atoms with E-state index in [0.717, 1.165) is 4.90 Å². The molecule has 4 nitrogen and oxygen atoms in total. The summed E-state index contributed by atoms with van der Waals surface area (Å²) in [6.07, 6.45) is -4.74. The predicted octanol–water partition coefficient (Wildman–Crippen LogP) is 2.17. The number of fused-ring (bicyclic) bond motifs is 1. The summed E-state index contributed by atoms with van der Waals surface area (Å²) in [5.41, 5.74) is 0.648. The summed E-state index contributed by atoms with van der Waals surface area (Å²) in [4.78, 5) is 24.0. The molecule has 0 bridgehead atoms. The second-order valence-electron chi connectivity index (χ2n) is 4.19. The standard InChI is InChI=1S/C12H11F3N2O2S/c13-12(14,15)6-16-10(18)5-9-11(19)17-7-3-1-2-4-8(7)20-9/h1-4,9H,5-6H2,(H,16,18)(H,17,19). The molecule has 2 N–H and O–H groups in total. The highest BCUT2D eigenvalue weighted by Gasteiger charge is 2.31. The van der Waals surface area contributed by atoms with Gasteiger partial charge >= 0.3 is 6.18 Å². The van der Waals surface area contributed by atoms with E-state index < -0.39 is 23.9 Å². The molecule has 0 spiro atoms. The minimum atomic E-state index is -4.45. The number of nitrogens with one attached hydrogen (secondary N) is 2. The molecule has 20 heavy (non-hydrogen) atoms. The summed E-state index contributed by atoms with van der Waals surface area (Å²) in [5, 5.41) is 3.66. The van der Waals surface area contributed by atoms with Crippen molar-refractivity contribution in [2.75, 3.05) is 11.9 Å². The Hall–Kier alpha value is -1.70. The first-order valence-corrected chi connectivity index (χ1v) is 6.63. The SMILES string of the molecule is O=C(CC1Sc2ccccc2NC1=O)NCC(F)(F)F. The summed E-state index contributed by atoms with van der Waals surface area (Å²) in [6.45, 7) is -1.39. The number of rotatable bonds is 3. The summed E-state index contributed by atoms with van der Waals surface area (Å²) < 4.78 is 35.9. The van der Waals surface area contributed by atoms with Crippen LogP contribution < -0.4 is 10.6 Å². The number of hydrogen-bond donors (Lipinski definition) is 2. The molecule has 0 fully saturated rings. The van der Waals surface area contributed by atoms with Gasteiger partial charge in [-0.2, -0.15) is 13.2 Å². The fourth-order valence-corrected chi connectivity index (χ4v) is 2.78. The fraction of sp³-hybridized carbons (Fsp3) is 0.333. The van der Waals surface area contributed by atoms with Crippen molar-refractivity contribution in [2.45, 2.75) is 22.7 Å². The third kappa shape index (κ3) is 3.89. The lowest BCUT2D eigenvalue weighted by Crippen LogP contribution is -2.38. The molecule has 0 aromatic heterocycles. The lowest BCUT2D eigenvalue weighted by molar-refractivity contribution is -0.138. The van der Waals surface area contributed by atoms with Crippen LogP contribution >= 0.6 is 11.8 Å². The lowest BCUT2D eigenvalue weighted by atomic mass is 10.2. The maximum absolute atomic E-state index is 12.0. The maximum atomic E-state index is 12.0. The highest BCUT2D eigenvalue weighted by atomic mass is 32.2. The van der Waals surface area contributed by atoms with Crippen molar-refractivity contribution >= 4 is 29.3 Å². The van der Waals surface area contributed by atoms with Crippen LogP contribution in [0.15, 0.2) is 29.2 Å². The van der Waals surface area contributed by atoms with E-state index in [1.165, 1.54) is 11.8 Å². The van der Waals surface area contributed by atoms with E-state index in [0.29, 0.717) is 5.69 Å². The Kier molecular flexibility index (Phi) is 4.22. The molecule has 0 saturated carbocycles. The Morgan fingerprint density at radius 1 is 1.35 bits per heavy atom. The average Bonchev–Trinajstić information content (AvgIpc) is 2.36. The van der Waals surface area contributed by atoms with Crippen molar-refractivity contribution in [3.63, 3.8) is 0 Å². The van der Waals surface area contributed by atoms with Gasteiger partial charge < -0.3 is 10.6 Å². The largest absolute Gasteiger partial charge is 0.405 e. The minimum Gasteiger partial charge on any atom is -0.347 e. The zero-order valence-corrected chi connectivity index (χ0v) is 11.0. The van der Waals surface area contributed by atoms with Crippen molar-refractivity contribution in [1.82, 2.24) is 5.32 Å². The molecule has 1 atom stereocenters. The third-order valence-corrected chi connectivity index (χ3v) is 3.84. The summed E-state index contributed by atoms with van der Waals surface area (Å²) in [6, 6.07) is 7.04. The molecule has 0 saturated heterocycles. The number of para-hydroxylation sites is 1. The number of halogens is 3. The van der Waals surface area contributed by atoms with E-state index in [1.54, 1.807) is 29.6 Å². The number of carbonyl (C=O) groups is 2. The van der Waals surface area contributed by atoms with Gasteiger partial charge in [0.15, 0.2) is 0 Å². The number of amides is 2. The molecule has 1 unspecified atom stereocenters. The number of carbonyl (C=O) groups excluding carboxylic acids is 2. The Bertz CT molecular complexity index is 534. The quantitative estimate of drug-likeness (QED) is 0.900. The van der Waals surface area contributed by atoms with Gasteiger partial charge in [0, 0.05) is 11.3 Å². The van der Waals surface area contributed by atoms with Gasteiger partial charge in [-0.1, -0.05) is 12.1 Å². The second kappa shape index (κ2) is 5.74. The zero-order valence-electron chi connectivity index (χ0n) is 10.2. The molecule has 1 aliphatic rings. The van der Waals surface area contributed by atoms with E-state index in [2.05, 4.69) is 5.32 Å². The van der Waals surface area contributed by atoms with Crippen LogP contribution in [0.5, 0.6) is 0 Å². The first-order valence-electron chi connectivity index (χ1n) is 5.75. The Morgan fingerprint density at radius 2 is 2.05 bits per heavy atom. The van der Waals surface area contributed by atoms with Crippen LogP contribution in [-0.2, 0) is 9.59 Å². The van der Waals surface area contributed by atoms with Crippen LogP contribution in [0, 0.1) is 0 Å². The minimum absolute atomic E-state index is 0.291. The van der Waals surface area contributed by atoms with Crippen LogP contribution in [0.3, 0.4) is 0 Å². The molecule has 0 radical (unpaired) electrons. The molecule has 1 aliphatic heterocycles. The normalized spacial score (nSPS) is 18.1. The first kappa shape index (κ1) is 14.7. The van der Waals surface area contributed by atoms with Gasteiger partial charge in [0.05, 0.1) is 10.9 Å². The summed E-state index contributed by atoms with van der Waals surface area (Å²) in [7, 11) is 0. The van der Waals surface area contributed by atoms with E-state index in [-0.39, 0.29) is 12.3 Å². The van der Waals surface area contributed by atoms with Crippen molar-refractivity contribution in [3.05, 3.63) is 24.3 Å². The Balaban J connectivity index is 1.94. The fourth-order valence-electron chi connectivity index (χ4n) is 1.67. The van der Waals surface area contributed by atoms with Crippen LogP contribution in [-0.4, -0.2) is 29.8 Å². The van der Waals surface area contributed by atoms with Crippen molar-refractivity contribution in [3.8, 4) is 0 Å². The van der Waals surface area contributed by atoms with Crippen molar-refractivity contribution in [2.24, 2.45) is 0 Å². The monoisotopic (exact) mass is 304 g/mol. The number of alkyl halides is 3. The smallest absolute Gasteiger partial charge is 0.347 e. The molecular weight excluding hydrogens is 293 g/mol. The maximum Gasteiger partial charge on any atom is 0.405 e. The van der Waals surface area contributed by atoms with Crippen LogP contribution in [0.4, 0.5) is 18.9 Å². The number of hydrogen-bond acceptors (Lipinski definition) is 3. The van der Waals surface area contributed by atoms with Gasteiger partial charge in [0.25, 0.3) is 0 Å². The molecule has 8 heteroatoms. The van der Waals surface area contributed by atoms with Gasteiger partial charge in [0.1, 0.15) is 6.54 Å². The van der Waals surface area contributed by atoms with Crippen LogP contribution in [0.2, 0.25) is 0 Å². The van der Waals surface area contributed by atoms with Gasteiger partial charge in [-0.05, 0) is 12.1 Å². The predicted molar refractivity (Wildman–Crippen MR) is 68.4 cm³/mol. The summed E-state index contributed by atoms with van der Waals surface area (Å²) >= 11 is 1.17.